The highest BCUT2D eigenvalue weighted by Gasteiger charge is 2.22. The van der Waals surface area contributed by atoms with Gasteiger partial charge in [-0.05, 0) is 34.1 Å². The van der Waals surface area contributed by atoms with E-state index in [-0.39, 0.29) is 12.5 Å². The molecule has 1 nitrogen and oxygen atoms in total. The molecule has 0 aliphatic rings. The van der Waals surface area contributed by atoms with Gasteiger partial charge >= 0.3 is 6.92 Å². The van der Waals surface area contributed by atoms with Crippen LogP contribution in [0.15, 0.2) is 35.9 Å². The van der Waals surface area contributed by atoms with Gasteiger partial charge in [-0.1, -0.05) is 49.6 Å². The molecule has 0 aromatic heterocycles. The molecule has 0 amide bonds. The molecular weight excluding hydrogens is 195 g/mol. The van der Waals surface area contributed by atoms with Gasteiger partial charge in [-0.25, -0.2) is 0 Å². The minimum Gasteiger partial charge on any atom is -0.427 e. The molecule has 0 aliphatic carbocycles. The van der Waals surface area contributed by atoms with Crippen molar-refractivity contribution in [2.75, 3.05) is 0 Å². The lowest BCUT2D eigenvalue weighted by Gasteiger charge is -2.27. The lowest BCUT2D eigenvalue weighted by Crippen LogP contribution is -2.31. The fourth-order valence-electron chi connectivity index (χ4n) is 1.12. The van der Waals surface area contributed by atoms with Crippen molar-refractivity contribution < 1.29 is 4.65 Å². The van der Waals surface area contributed by atoms with Gasteiger partial charge in [0.05, 0.1) is 0 Å². The van der Waals surface area contributed by atoms with Gasteiger partial charge in [-0.3, -0.25) is 0 Å². The Kier molecular flexibility index (Phi) is 6.43. The van der Waals surface area contributed by atoms with Crippen molar-refractivity contribution in [3.63, 3.8) is 0 Å². The summed E-state index contributed by atoms with van der Waals surface area (Å²) in [4.78, 5) is 0. The zero-order chi connectivity index (χ0) is 12.8. The molecule has 0 N–H and O–H groups in total. The van der Waals surface area contributed by atoms with Crippen molar-refractivity contribution in [3.8, 4) is 0 Å². The molecule has 0 saturated heterocycles. The topological polar surface area (TPSA) is 9.23 Å². The second-order valence-electron chi connectivity index (χ2n) is 4.90. The van der Waals surface area contributed by atoms with Crippen LogP contribution in [-0.2, 0) is 4.65 Å². The molecule has 0 aromatic carbocycles. The predicted octanol–water partition coefficient (Wildman–Crippen LogP) is 4.43. The molecule has 0 radical (unpaired) electrons. The maximum Gasteiger partial charge on any atom is 0.319 e. The summed E-state index contributed by atoms with van der Waals surface area (Å²) in [6.45, 7) is 16.5. The van der Waals surface area contributed by atoms with Crippen LogP contribution in [0, 0.1) is 0 Å². The van der Waals surface area contributed by atoms with Crippen LogP contribution in [-0.4, -0.2) is 12.5 Å². The summed E-state index contributed by atoms with van der Waals surface area (Å²) in [5.74, 6) is 0. The van der Waals surface area contributed by atoms with Gasteiger partial charge in [0.25, 0.3) is 0 Å². The van der Waals surface area contributed by atoms with Crippen LogP contribution in [0.2, 0.25) is 6.82 Å². The van der Waals surface area contributed by atoms with Gasteiger partial charge < -0.3 is 4.65 Å². The summed E-state index contributed by atoms with van der Waals surface area (Å²) in [5.41, 5.74) is 2.36. The van der Waals surface area contributed by atoms with Gasteiger partial charge in [0.2, 0.25) is 0 Å². The molecule has 0 aromatic rings. The summed E-state index contributed by atoms with van der Waals surface area (Å²) in [7, 11) is 0. The third-order valence-corrected chi connectivity index (χ3v) is 2.92. The fraction of sp³-hybridized carbons (Fsp3) is 0.571. The van der Waals surface area contributed by atoms with Crippen LogP contribution < -0.4 is 0 Å². The Morgan fingerprint density at radius 3 is 2.31 bits per heavy atom. The molecule has 0 spiro atoms. The van der Waals surface area contributed by atoms with E-state index in [4.69, 9.17) is 4.65 Å². The van der Waals surface area contributed by atoms with E-state index in [9.17, 15) is 0 Å². The third-order valence-electron chi connectivity index (χ3n) is 2.92. The van der Waals surface area contributed by atoms with Crippen molar-refractivity contribution in [2.24, 2.45) is 0 Å². The van der Waals surface area contributed by atoms with Gasteiger partial charge in [0.1, 0.15) is 0 Å². The van der Waals surface area contributed by atoms with E-state index < -0.39 is 0 Å². The van der Waals surface area contributed by atoms with Crippen molar-refractivity contribution in [3.05, 3.63) is 35.9 Å². The summed E-state index contributed by atoms with van der Waals surface area (Å²) < 4.78 is 5.99. The van der Waals surface area contributed by atoms with Crippen LogP contribution in [0.4, 0.5) is 0 Å². The van der Waals surface area contributed by atoms with Crippen molar-refractivity contribution >= 4 is 6.92 Å². The number of hydrogen-bond acceptors (Lipinski definition) is 1. The molecular formula is C14H25BO. The van der Waals surface area contributed by atoms with E-state index in [1.165, 1.54) is 11.0 Å². The van der Waals surface area contributed by atoms with E-state index in [1.807, 2.05) is 13.0 Å². The largest absolute Gasteiger partial charge is 0.427 e. The lowest BCUT2D eigenvalue weighted by molar-refractivity contribution is 0.106. The van der Waals surface area contributed by atoms with Crippen molar-refractivity contribution in [1.82, 2.24) is 0 Å². The van der Waals surface area contributed by atoms with Gasteiger partial charge in [0, 0.05) is 5.60 Å². The van der Waals surface area contributed by atoms with Crippen molar-refractivity contribution in [1.29, 1.82) is 0 Å². The zero-order valence-corrected chi connectivity index (χ0v) is 11.6. The normalized spacial score (nSPS) is 13.9. The second-order valence-corrected chi connectivity index (χ2v) is 4.90. The van der Waals surface area contributed by atoms with E-state index >= 15 is 0 Å². The first-order chi connectivity index (χ1) is 7.32. The molecule has 0 aliphatic heterocycles. The summed E-state index contributed by atoms with van der Waals surface area (Å²) in [6, 6.07) is 0. The third kappa shape index (κ3) is 5.97. The first kappa shape index (κ1) is 15.2. The SMILES string of the molecule is C=C/C(C)=C/C=C(\C)B(C)OC(C)(C)CC. The molecule has 0 bridgehead atoms. The Hall–Kier alpha value is -0.755. The highest BCUT2D eigenvalue weighted by molar-refractivity contribution is 6.58. The van der Waals surface area contributed by atoms with Crippen LogP contribution in [0.3, 0.4) is 0 Å². The van der Waals surface area contributed by atoms with E-state index in [0.29, 0.717) is 0 Å². The Labute approximate surface area is 101 Å². The minimum absolute atomic E-state index is 0.0499. The smallest absolute Gasteiger partial charge is 0.319 e. The highest BCUT2D eigenvalue weighted by atomic mass is 16.5. The molecule has 90 valence electrons. The number of allylic oxidation sites excluding steroid dienone is 5. The molecule has 0 fully saturated rings. The van der Waals surface area contributed by atoms with Crippen LogP contribution in [0.1, 0.15) is 41.0 Å². The molecule has 0 unspecified atom stereocenters. The Morgan fingerprint density at radius 2 is 1.88 bits per heavy atom. The predicted molar refractivity (Wildman–Crippen MR) is 74.8 cm³/mol. The fourth-order valence-corrected chi connectivity index (χ4v) is 1.12. The second kappa shape index (κ2) is 6.75. The maximum atomic E-state index is 5.99. The summed E-state index contributed by atoms with van der Waals surface area (Å²) >= 11 is 0. The first-order valence-corrected chi connectivity index (χ1v) is 5.97. The van der Waals surface area contributed by atoms with E-state index in [0.717, 1.165) is 6.42 Å². The van der Waals surface area contributed by atoms with Crippen LogP contribution >= 0.6 is 0 Å². The Bertz CT molecular complexity index is 287. The average molecular weight is 220 g/mol. The molecule has 0 heterocycles. The van der Waals surface area contributed by atoms with Gasteiger partial charge in [-0.15, -0.1) is 0 Å². The molecule has 0 rings (SSSR count). The van der Waals surface area contributed by atoms with Crippen molar-refractivity contribution in [2.45, 2.75) is 53.5 Å². The maximum absolute atomic E-state index is 5.99. The molecule has 0 atom stereocenters. The minimum atomic E-state index is -0.0499. The summed E-state index contributed by atoms with van der Waals surface area (Å²) in [5, 5.41) is 0. The van der Waals surface area contributed by atoms with Crippen LogP contribution in [0.5, 0.6) is 0 Å². The standard InChI is InChI=1S/C14H25BO/c1-8-12(3)10-11-13(4)15(7)16-14(5,6)9-2/h8,10-11H,1,9H2,2-7H3/b12-10+,13-11+. The quantitative estimate of drug-likeness (QED) is 0.475. The zero-order valence-electron chi connectivity index (χ0n) is 11.6. The van der Waals surface area contributed by atoms with E-state index in [2.05, 4.69) is 53.2 Å². The Balaban J connectivity index is 4.50. The van der Waals surface area contributed by atoms with Crippen LogP contribution in [0.25, 0.3) is 0 Å². The number of hydrogen-bond donors (Lipinski definition) is 0. The Morgan fingerprint density at radius 1 is 1.31 bits per heavy atom. The molecule has 2 heteroatoms. The van der Waals surface area contributed by atoms with Gasteiger partial charge in [-0.2, -0.15) is 0 Å². The van der Waals surface area contributed by atoms with Gasteiger partial charge in [0.15, 0.2) is 0 Å². The monoisotopic (exact) mass is 220 g/mol. The molecule has 0 saturated carbocycles. The number of rotatable bonds is 6. The first-order valence-electron chi connectivity index (χ1n) is 5.97. The molecule has 16 heavy (non-hydrogen) atoms. The lowest BCUT2D eigenvalue weighted by atomic mass is 9.62. The highest BCUT2D eigenvalue weighted by Crippen LogP contribution is 2.17. The van der Waals surface area contributed by atoms with E-state index in [1.54, 1.807) is 0 Å². The average Bonchev–Trinajstić information content (AvgIpc) is 2.24. The summed E-state index contributed by atoms with van der Waals surface area (Å²) in [6.07, 6.45) is 7.05.